The van der Waals surface area contributed by atoms with Crippen molar-refractivity contribution in [2.45, 2.75) is 19.4 Å². The second kappa shape index (κ2) is 4.90. The number of anilines is 1. The fraction of sp³-hybridized carbons (Fsp3) is 0.333. The van der Waals surface area contributed by atoms with E-state index in [1.807, 2.05) is 24.3 Å². The third-order valence-corrected chi connectivity index (χ3v) is 2.58. The number of hydrogen-bond donors (Lipinski definition) is 2. The van der Waals surface area contributed by atoms with Crippen LogP contribution in [0.15, 0.2) is 30.5 Å². The molecule has 0 radical (unpaired) electrons. The first-order valence-electron chi connectivity index (χ1n) is 5.52. The predicted octanol–water partition coefficient (Wildman–Crippen LogP) is 1.78. The number of benzene rings is 1. The van der Waals surface area contributed by atoms with Crippen LogP contribution in [0.25, 0.3) is 11.0 Å². The maximum absolute atomic E-state index is 5.63. The average molecular weight is 216 g/mol. The molecule has 4 heteroatoms. The van der Waals surface area contributed by atoms with Gasteiger partial charge in [0.2, 0.25) is 0 Å². The highest BCUT2D eigenvalue weighted by atomic mass is 15.0. The Morgan fingerprint density at radius 2 is 2.06 bits per heavy atom. The summed E-state index contributed by atoms with van der Waals surface area (Å²) in [5.74, 6) is 0.788. The third-order valence-electron chi connectivity index (χ3n) is 2.58. The van der Waals surface area contributed by atoms with Crippen LogP contribution in [0, 0.1) is 0 Å². The maximum atomic E-state index is 5.63. The van der Waals surface area contributed by atoms with Crippen molar-refractivity contribution in [2.24, 2.45) is 5.73 Å². The molecule has 0 fully saturated rings. The Balaban J connectivity index is 2.25. The molecule has 0 aliphatic carbocycles. The monoisotopic (exact) mass is 216 g/mol. The number of hydrogen-bond acceptors (Lipinski definition) is 4. The highest BCUT2D eigenvalue weighted by Gasteiger charge is 2.05. The van der Waals surface area contributed by atoms with E-state index in [0.717, 1.165) is 23.3 Å². The summed E-state index contributed by atoms with van der Waals surface area (Å²) < 4.78 is 0. The number of rotatable bonds is 4. The first-order chi connectivity index (χ1) is 7.83. The number of nitrogens with one attached hydrogen (secondary N) is 1. The lowest BCUT2D eigenvalue weighted by Gasteiger charge is -2.14. The van der Waals surface area contributed by atoms with Gasteiger partial charge in [0.25, 0.3) is 0 Å². The van der Waals surface area contributed by atoms with Crippen LogP contribution in [0.3, 0.4) is 0 Å². The lowest BCUT2D eigenvalue weighted by Crippen LogP contribution is -2.28. The number of nitrogens with zero attached hydrogens (tertiary/aromatic N) is 2. The summed E-state index contributed by atoms with van der Waals surface area (Å²) in [7, 11) is 0. The lowest BCUT2D eigenvalue weighted by molar-refractivity contribution is 0.700. The molecule has 1 unspecified atom stereocenters. The minimum absolute atomic E-state index is 0.260. The van der Waals surface area contributed by atoms with E-state index in [9.17, 15) is 0 Å². The molecule has 0 spiro atoms. The standard InChI is InChI=1S/C12H16N4/c1-2-9(7-13)15-12-8-14-10-5-3-4-6-11(10)16-12/h3-6,8-9H,2,7,13H2,1H3,(H,15,16). The molecule has 0 amide bonds. The smallest absolute Gasteiger partial charge is 0.145 e. The van der Waals surface area contributed by atoms with Crippen molar-refractivity contribution in [3.63, 3.8) is 0 Å². The van der Waals surface area contributed by atoms with Crippen molar-refractivity contribution in [3.8, 4) is 0 Å². The van der Waals surface area contributed by atoms with Gasteiger partial charge in [-0.3, -0.25) is 4.98 Å². The van der Waals surface area contributed by atoms with Crippen LogP contribution in [-0.2, 0) is 0 Å². The van der Waals surface area contributed by atoms with Gasteiger partial charge in [-0.2, -0.15) is 0 Å². The molecule has 4 nitrogen and oxygen atoms in total. The van der Waals surface area contributed by atoms with Crippen LogP contribution >= 0.6 is 0 Å². The Bertz CT molecular complexity index is 465. The van der Waals surface area contributed by atoms with Gasteiger partial charge >= 0.3 is 0 Å². The van der Waals surface area contributed by atoms with Crippen molar-refractivity contribution in [2.75, 3.05) is 11.9 Å². The van der Waals surface area contributed by atoms with Crippen LogP contribution in [-0.4, -0.2) is 22.6 Å². The number of para-hydroxylation sites is 2. The van der Waals surface area contributed by atoms with E-state index >= 15 is 0 Å². The molecule has 0 saturated carbocycles. The summed E-state index contributed by atoms with van der Waals surface area (Å²) in [6.07, 6.45) is 2.73. The predicted molar refractivity (Wildman–Crippen MR) is 66.3 cm³/mol. The Hall–Kier alpha value is -1.68. The van der Waals surface area contributed by atoms with Gasteiger partial charge in [-0.05, 0) is 18.6 Å². The van der Waals surface area contributed by atoms with Crippen LogP contribution < -0.4 is 11.1 Å². The largest absolute Gasteiger partial charge is 0.365 e. The zero-order valence-electron chi connectivity index (χ0n) is 9.35. The van der Waals surface area contributed by atoms with Gasteiger partial charge in [-0.15, -0.1) is 0 Å². The van der Waals surface area contributed by atoms with E-state index in [4.69, 9.17) is 5.73 Å². The second-order valence-corrected chi connectivity index (χ2v) is 3.73. The molecule has 0 aliphatic heterocycles. The van der Waals surface area contributed by atoms with Crippen LogP contribution in [0.2, 0.25) is 0 Å². The van der Waals surface area contributed by atoms with E-state index in [0.29, 0.717) is 6.54 Å². The van der Waals surface area contributed by atoms with Crippen molar-refractivity contribution in [1.82, 2.24) is 9.97 Å². The molecule has 16 heavy (non-hydrogen) atoms. The molecule has 2 rings (SSSR count). The molecule has 1 heterocycles. The Kier molecular flexibility index (Phi) is 3.31. The fourth-order valence-electron chi connectivity index (χ4n) is 1.56. The zero-order chi connectivity index (χ0) is 11.4. The Morgan fingerprint density at radius 1 is 1.31 bits per heavy atom. The Morgan fingerprint density at radius 3 is 2.75 bits per heavy atom. The van der Waals surface area contributed by atoms with Gasteiger partial charge < -0.3 is 11.1 Å². The summed E-state index contributed by atoms with van der Waals surface area (Å²) in [4.78, 5) is 8.82. The highest BCUT2D eigenvalue weighted by Crippen LogP contribution is 2.12. The first-order valence-corrected chi connectivity index (χ1v) is 5.52. The minimum Gasteiger partial charge on any atom is -0.365 e. The molecule has 0 saturated heterocycles. The summed E-state index contributed by atoms with van der Waals surface area (Å²) in [5, 5.41) is 3.27. The van der Waals surface area contributed by atoms with Crippen molar-refractivity contribution >= 4 is 16.9 Å². The Labute approximate surface area is 94.9 Å². The number of fused-ring (bicyclic) bond motifs is 1. The summed E-state index contributed by atoms with van der Waals surface area (Å²) in [6, 6.07) is 8.08. The lowest BCUT2D eigenvalue weighted by atomic mass is 10.2. The van der Waals surface area contributed by atoms with E-state index in [1.165, 1.54) is 0 Å². The second-order valence-electron chi connectivity index (χ2n) is 3.73. The molecule has 2 aromatic rings. The quantitative estimate of drug-likeness (QED) is 0.817. The van der Waals surface area contributed by atoms with E-state index < -0.39 is 0 Å². The molecule has 0 aliphatic rings. The van der Waals surface area contributed by atoms with E-state index in [-0.39, 0.29) is 6.04 Å². The van der Waals surface area contributed by atoms with Gasteiger partial charge in [0.15, 0.2) is 0 Å². The van der Waals surface area contributed by atoms with Gasteiger partial charge in [-0.1, -0.05) is 19.1 Å². The summed E-state index contributed by atoms with van der Waals surface area (Å²) in [6.45, 7) is 2.70. The number of aromatic nitrogens is 2. The first kappa shape index (κ1) is 10.8. The highest BCUT2D eigenvalue weighted by molar-refractivity contribution is 5.75. The zero-order valence-corrected chi connectivity index (χ0v) is 9.35. The van der Waals surface area contributed by atoms with Crippen molar-refractivity contribution in [1.29, 1.82) is 0 Å². The minimum atomic E-state index is 0.260. The van der Waals surface area contributed by atoms with Gasteiger partial charge in [0, 0.05) is 12.6 Å². The van der Waals surface area contributed by atoms with E-state index in [2.05, 4.69) is 22.2 Å². The molecule has 84 valence electrons. The van der Waals surface area contributed by atoms with Crippen molar-refractivity contribution in [3.05, 3.63) is 30.5 Å². The molecule has 1 aromatic carbocycles. The molecule has 0 bridgehead atoms. The fourth-order valence-corrected chi connectivity index (χ4v) is 1.56. The van der Waals surface area contributed by atoms with Gasteiger partial charge in [0.1, 0.15) is 5.82 Å². The number of nitrogens with two attached hydrogens (primary N) is 1. The summed E-state index contributed by atoms with van der Waals surface area (Å²) >= 11 is 0. The SMILES string of the molecule is CCC(CN)Nc1cnc2ccccc2n1. The molecular formula is C12H16N4. The van der Waals surface area contributed by atoms with Crippen LogP contribution in [0.4, 0.5) is 5.82 Å². The molecule has 1 atom stereocenters. The van der Waals surface area contributed by atoms with E-state index in [1.54, 1.807) is 6.20 Å². The van der Waals surface area contributed by atoms with Crippen molar-refractivity contribution < 1.29 is 0 Å². The normalized spacial score (nSPS) is 12.6. The molecule has 3 N–H and O–H groups in total. The molecular weight excluding hydrogens is 200 g/mol. The third kappa shape index (κ3) is 2.28. The van der Waals surface area contributed by atoms with Gasteiger partial charge in [-0.25, -0.2) is 4.98 Å². The van der Waals surface area contributed by atoms with Gasteiger partial charge in [0.05, 0.1) is 17.2 Å². The average Bonchev–Trinajstić information content (AvgIpc) is 2.35. The molecule has 1 aromatic heterocycles. The summed E-state index contributed by atoms with van der Waals surface area (Å²) in [5.41, 5.74) is 7.45. The maximum Gasteiger partial charge on any atom is 0.145 e. The topological polar surface area (TPSA) is 63.8 Å². The van der Waals surface area contributed by atoms with Crippen LogP contribution in [0.5, 0.6) is 0 Å². The van der Waals surface area contributed by atoms with Crippen LogP contribution in [0.1, 0.15) is 13.3 Å².